The number of hydrogen-bond donors (Lipinski definition) is 0. The summed E-state index contributed by atoms with van der Waals surface area (Å²) in [7, 11) is 0. The van der Waals surface area contributed by atoms with Crippen molar-refractivity contribution in [2.45, 2.75) is 8.13 Å². The van der Waals surface area contributed by atoms with Gasteiger partial charge in [-0.3, -0.25) is 0 Å². The van der Waals surface area contributed by atoms with Gasteiger partial charge in [-0.2, -0.15) is 0 Å². The Morgan fingerprint density at radius 1 is 1.27 bits per heavy atom. The number of rotatable bonds is 2. The quantitative estimate of drug-likeness (QED) is 0.471. The van der Waals surface area contributed by atoms with E-state index in [1.54, 1.807) is 0 Å². The predicted molar refractivity (Wildman–Crippen MR) is 53.9 cm³/mol. The van der Waals surface area contributed by atoms with Gasteiger partial charge in [0.25, 0.3) is 0 Å². The molecule has 7 nitrogen and oxygen atoms in total. The lowest BCUT2D eigenvalue weighted by Gasteiger charge is -2.21. The van der Waals surface area contributed by atoms with E-state index in [-0.39, 0.29) is 4.91 Å². The summed E-state index contributed by atoms with van der Waals surface area (Å²) in [5.41, 5.74) is 0. The fourth-order valence-electron chi connectivity index (χ4n) is 0.529. The van der Waals surface area contributed by atoms with Crippen molar-refractivity contribution >= 4 is 58.0 Å². The van der Waals surface area contributed by atoms with Crippen molar-refractivity contribution in [3.8, 4) is 0 Å². The predicted octanol–water partition coefficient (Wildman–Crippen LogP) is 1.71. The van der Waals surface area contributed by atoms with Crippen molar-refractivity contribution in [1.82, 2.24) is 20.3 Å². The molecule has 0 N–H and O–H groups in total. The summed E-state index contributed by atoms with van der Waals surface area (Å²) in [5, 5.41) is 18.7. The van der Waals surface area contributed by atoms with Crippen LogP contribution >= 0.6 is 58.0 Å². The van der Waals surface area contributed by atoms with E-state index in [4.69, 9.17) is 58.0 Å². The van der Waals surface area contributed by atoms with E-state index in [0.29, 0.717) is 0 Å². The van der Waals surface area contributed by atoms with Gasteiger partial charge in [-0.1, -0.05) is 58.0 Å². The number of halogens is 5. The molecule has 1 heterocycles. The van der Waals surface area contributed by atoms with E-state index in [9.17, 15) is 10.1 Å². The average Bonchev–Trinajstić information content (AvgIpc) is 2.49. The monoisotopic (exact) mass is 313 g/mol. The maximum absolute atomic E-state index is 10.2. The average molecular weight is 315 g/mol. The molecular weight excluding hydrogens is 315 g/mol. The molecule has 1 rings (SSSR count). The van der Waals surface area contributed by atoms with E-state index in [1.807, 2.05) is 0 Å². The van der Waals surface area contributed by atoms with Gasteiger partial charge in [-0.05, 0) is 5.10 Å². The SMILES string of the molecule is O=[N+]([O-])n1nnc(C(Cl)(Cl)C(Cl)(Cl)Cl)n1. The highest BCUT2D eigenvalue weighted by Crippen LogP contribution is 2.51. The van der Waals surface area contributed by atoms with Crippen LogP contribution in [0.1, 0.15) is 5.82 Å². The first kappa shape index (κ1) is 13.0. The van der Waals surface area contributed by atoms with Gasteiger partial charge in [-0.15, -0.1) is 0 Å². The minimum Gasteiger partial charge on any atom is -0.372 e. The molecule has 0 saturated carbocycles. The van der Waals surface area contributed by atoms with Crippen LogP contribution in [0.25, 0.3) is 0 Å². The Morgan fingerprint density at radius 3 is 2.13 bits per heavy atom. The molecule has 0 aromatic carbocycles. The molecule has 15 heavy (non-hydrogen) atoms. The van der Waals surface area contributed by atoms with Gasteiger partial charge in [0.05, 0.1) is 0 Å². The lowest BCUT2D eigenvalue weighted by molar-refractivity contribution is -0.564. The Labute approximate surface area is 107 Å². The lowest BCUT2D eigenvalue weighted by Crippen LogP contribution is -2.30. The van der Waals surface area contributed by atoms with Crippen molar-refractivity contribution in [1.29, 1.82) is 0 Å². The van der Waals surface area contributed by atoms with Gasteiger partial charge in [0.2, 0.25) is 8.13 Å². The summed E-state index contributed by atoms with van der Waals surface area (Å²) in [5.74, 6) is -0.484. The molecular formula is C3Cl5N5O2. The molecule has 0 radical (unpaired) electrons. The van der Waals surface area contributed by atoms with Gasteiger partial charge in [-0.25, -0.2) is 0 Å². The molecule has 1 aromatic heterocycles. The van der Waals surface area contributed by atoms with Crippen LogP contribution in [0.4, 0.5) is 0 Å². The summed E-state index contributed by atoms with van der Waals surface area (Å²) in [4.78, 5) is 10.3. The van der Waals surface area contributed by atoms with Crippen LogP contribution in [0.2, 0.25) is 0 Å². The first-order chi connectivity index (χ1) is 6.66. The highest BCUT2D eigenvalue weighted by Gasteiger charge is 2.53. The van der Waals surface area contributed by atoms with Gasteiger partial charge in [0.15, 0.2) is 4.91 Å². The number of alkyl halides is 5. The second kappa shape index (κ2) is 4.06. The van der Waals surface area contributed by atoms with Crippen LogP contribution in [0, 0.1) is 10.1 Å². The van der Waals surface area contributed by atoms with Gasteiger partial charge in [0, 0.05) is 10.1 Å². The number of nitrogens with zero attached hydrogens (tertiary/aromatic N) is 5. The van der Waals surface area contributed by atoms with Crippen molar-refractivity contribution < 1.29 is 5.03 Å². The fourth-order valence-corrected chi connectivity index (χ4v) is 0.933. The molecule has 0 unspecified atom stereocenters. The molecule has 1 aromatic rings. The Bertz CT molecular complexity index is 384. The second-order valence-corrected chi connectivity index (χ2v) is 5.80. The van der Waals surface area contributed by atoms with Crippen molar-refractivity contribution in [2.75, 3.05) is 0 Å². The molecule has 84 valence electrons. The Morgan fingerprint density at radius 2 is 1.80 bits per heavy atom. The zero-order valence-corrected chi connectivity index (χ0v) is 10.2. The summed E-state index contributed by atoms with van der Waals surface area (Å²) >= 11 is 27.5. The van der Waals surface area contributed by atoms with Crippen LogP contribution in [0.3, 0.4) is 0 Å². The molecule has 0 saturated heterocycles. The van der Waals surface area contributed by atoms with Gasteiger partial charge < -0.3 is 10.1 Å². The molecule has 12 heteroatoms. The van der Waals surface area contributed by atoms with E-state index in [2.05, 4.69) is 15.4 Å². The third-order valence-corrected chi connectivity index (χ3v) is 3.52. The van der Waals surface area contributed by atoms with E-state index >= 15 is 0 Å². The molecule has 0 aliphatic rings. The molecule has 0 atom stereocenters. The highest BCUT2D eigenvalue weighted by atomic mass is 35.6. The summed E-state index contributed by atoms with van der Waals surface area (Å²) < 4.78 is -4.29. The zero-order valence-electron chi connectivity index (χ0n) is 6.44. The Hall–Kier alpha value is -0.0800. The minimum atomic E-state index is -2.15. The summed E-state index contributed by atoms with van der Waals surface area (Å²) in [6.45, 7) is 0. The summed E-state index contributed by atoms with van der Waals surface area (Å²) in [6, 6.07) is 0. The largest absolute Gasteiger partial charge is 0.372 e. The molecule has 0 bridgehead atoms. The fraction of sp³-hybridized carbons (Fsp3) is 0.667. The van der Waals surface area contributed by atoms with Crippen molar-refractivity contribution in [3.63, 3.8) is 0 Å². The van der Waals surface area contributed by atoms with E-state index < -0.39 is 19.0 Å². The minimum absolute atomic E-state index is 0.0469. The number of tetrazole rings is 1. The third-order valence-electron chi connectivity index (χ3n) is 1.19. The van der Waals surface area contributed by atoms with Crippen LogP contribution in [-0.2, 0) is 4.33 Å². The standard InChI is InChI=1S/C3Cl5N5O2/c4-2(5,3(6,7)8)1-9-11-12(10-1)13(14)15. The van der Waals surface area contributed by atoms with Crippen molar-refractivity contribution in [3.05, 3.63) is 15.9 Å². The first-order valence-electron chi connectivity index (χ1n) is 3.06. The molecule has 0 amide bonds. The van der Waals surface area contributed by atoms with Crippen molar-refractivity contribution in [2.24, 2.45) is 0 Å². The number of nitro groups is 1. The smallest absolute Gasteiger partial charge is 0.311 e. The maximum Gasteiger partial charge on any atom is 0.311 e. The normalized spacial score (nSPS) is 12.9. The summed E-state index contributed by atoms with van der Waals surface area (Å²) in [6.07, 6.45) is 0. The lowest BCUT2D eigenvalue weighted by atomic mass is 10.4. The Kier molecular flexibility index (Phi) is 3.52. The topological polar surface area (TPSA) is 86.7 Å². The van der Waals surface area contributed by atoms with Crippen LogP contribution in [-0.4, -0.2) is 29.1 Å². The highest BCUT2D eigenvalue weighted by molar-refractivity contribution is 6.75. The van der Waals surface area contributed by atoms with Crippen LogP contribution in [0.5, 0.6) is 0 Å². The molecule has 0 spiro atoms. The molecule has 0 fully saturated rings. The van der Waals surface area contributed by atoms with E-state index in [1.165, 1.54) is 0 Å². The molecule has 0 aliphatic heterocycles. The number of aromatic nitrogens is 4. The number of hydrogen-bond acceptors (Lipinski definition) is 5. The maximum atomic E-state index is 10.2. The first-order valence-corrected chi connectivity index (χ1v) is 4.95. The third kappa shape index (κ3) is 2.54. The van der Waals surface area contributed by atoms with Gasteiger partial charge >= 0.3 is 5.82 Å². The zero-order chi connectivity index (χ0) is 11.9. The van der Waals surface area contributed by atoms with Gasteiger partial charge in [0.1, 0.15) is 5.21 Å². The van der Waals surface area contributed by atoms with E-state index in [0.717, 1.165) is 0 Å². The Balaban J connectivity index is 3.11. The van der Waals surface area contributed by atoms with Crippen LogP contribution < -0.4 is 0 Å². The molecule has 0 aliphatic carbocycles. The second-order valence-electron chi connectivity index (χ2n) is 2.19. The van der Waals surface area contributed by atoms with Crippen LogP contribution in [0.15, 0.2) is 0 Å².